The fourth-order valence-corrected chi connectivity index (χ4v) is 2.15. The molecule has 0 amide bonds. The second-order valence-electron chi connectivity index (χ2n) is 5.11. The molecule has 104 valence electrons. The van der Waals surface area contributed by atoms with Crippen molar-refractivity contribution in [1.29, 1.82) is 0 Å². The molecular formula is C16H18NO3+. The Morgan fingerprint density at radius 2 is 2.00 bits per heavy atom. The molecule has 1 aliphatic carbocycles. The van der Waals surface area contributed by atoms with E-state index in [4.69, 9.17) is 4.42 Å². The zero-order valence-electron chi connectivity index (χ0n) is 11.5. The average molecular weight is 272 g/mol. The molecule has 0 bridgehead atoms. The van der Waals surface area contributed by atoms with Gasteiger partial charge in [0.25, 0.3) is 0 Å². The lowest BCUT2D eigenvalue weighted by molar-refractivity contribution is -0.685. The molecule has 1 aromatic carbocycles. The van der Waals surface area contributed by atoms with E-state index in [1.165, 1.54) is 20.0 Å². The van der Waals surface area contributed by atoms with Crippen LogP contribution in [0.2, 0.25) is 0 Å². The number of ether oxygens (including phenoxy) is 1. The standard InChI is InChI=1S/C16H17NO3/c1-19-16(18)12-4-2-11(3-5-12)15-9-8-14(20-15)10-17-13-6-7-13/h2-5,8-9,13,17H,6-7,10H2,1H3/p+1. The Hall–Kier alpha value is -2.07. The first-order valence-corrected chi connectivity index (χ1v) is 6.87. The van der Waals surface area contributed by atoms with Gasteiger partial charge in [-0.2, -0.15) is 0 Å². The summed E-state index contributed by atoms with van der Waals surface area (Å²) in [7, 11) is 1.38. The first kappa shape index (κ1) is 12.9. The van der Waals surface area contributed by atoms with Crippen molar-refractivity contribution in [3.63, 3.8) is 0 Å². The SMILES string of the molecule is COC(=O)c1ccc(-c2ccc(C[NH2+]C3CC3)o2)cc1. The summed E-state index contributed by atoms with van der Waals surface area (Å²) in [6, 6.07) is 12.0. The highest BCUT2D eigenvalue weighted by Crippen LogP contribution is 2.23. The van der Waals surface area contributed by atoms with E-state index in [9.17, 15) is 4.79 Å². The van der Waals surface area contributed by atoms with Gasteiger partial charge >= 0.3 is 5.97 Å². The summed E-state index contributed by atoms with van der Waals surface area (Å²) in [6.07, 6.45) is 2.64. The zero-order valence-corrected chi connectivity index (χ0v) is 11.5. The molecule has 20 heavy (non-hydrogen) atoms. The Bertz CT molecular complexity index is 596. The molecule has 0 unspecified atom stereocenters. The van der Waals surface area contributed by atoms with Crippen LogP contribution in [0, 0.1) is 0 Å². The van der Waals surface area contributed by atoms with Gasteiger partial charge in [-0.05, 0) is 24.3 Å². The van der Waals surface area contributed by atoms with Gasteiger partial charge in [-0.15, -0.1) is 0 Å². The van der Waals surface area contributed by atoms with Crippen molar-refractivity contribution in [2.24, 2.45) is 0 Å². The van der Waals surface area contributed by atoms with Crippen LogP contribution in [0.3, 0.4) is 0 Å². The highest BCUT2D eigenvalue weighted by Gasteiger charge is 2.25. The lowest BCUT2D eigenvalue weighted by Crippen LogP contribution is -2.84. The van der Waals surface area contributed by atoms with E-state index in [2.05, 4.69) is 10.1 Å². The summed E-state index contributed by atoms with van der Waals surface area (Å²) >= 11 is 0. The van der Waals surface area contributed by atoms with Crippen molar-refractivity contribution < 1.29 is 19.3 Å². The molecule has 0 spiro atoms. The number of esters is 1. The van der Waals surface area contributed by atoms with Crippen LogP contribution >= 0.6 is 0 Å². The maximum Gasteiger partial charge on any atom is 0.337 e. The highest BCUT2D eigenvalue weighted by atomic mass is 16.5. The van der Waals surface area contributed by atoms with Gasteiger partial charge in [0, 0.05) is 18.4 Å². The fourth-order valence-electron chi connectivity index (χ4n) is 2.15. The van der Waals surface area contributed by atoms with Crippen LogP contribution in [-0.4, -0.2) is 19.1 Å². The molecule has 4 heteroatoms. The Labute approximate surface area is 117 Å². The van der Waals surface area contributed by atoms with Gasteiger partial charge in [-0.25, -0.2) is 4.79 Å². The van der Waals surface area contributed by atoms with E-state index < -0.39 is 0 Å². The summed E-state index contributed by atoms with van der Waals surface area (Å²) < 4.78 is 10.5. The molecule has 3 rings (SSSR count). The van der Waals surface area contributed by atoms with Crippen molar-refractivity contribution in [2.45, 2.75) is 25.4 Å². The summed E-state index contributed by atoms with van der Waals surface area (Å²) in [5.41, 5.74) is 1.51. The number of furan rings is 1. The lowest BCUT2D eigenvalue weighted by atomic mass is 10.1. The Morgan fingerprint density at radius 1 is 1.25 bits per heavy atom. The molecule has 0 aliphatic heterocycles. The molecule has 0 atom stereocenters. The number of nitrogens with two attached hydrogens (primary N) is 1. The maximum atomic E-state index is 11.4. The number of carbonyl (C=O) groups is 1. The normalized spacial score (nSPS) is 14.2. The molecule has 1 saturated carbocycles. The number of carbonyl (C=O) groups excluding carboxylic acids is 1. The Kier molecular flexibility index (Phi) is 3.56. The Balaban J connectivity index is 1.69. The van der Waals surface area contributed by atoms with Crippen LogP contribution in [0.15, 0.2) is 40.8 Å². The van der Waals surface area contributed by atoms with E-state index in [0.29, 0.717) is 5.56 Å². The lowest BCUT2D eigenvalue weighted by Gasteiger charge is -2.01. The van der Waals surface area contributed by atoms with Gasteiger partial charge in [-0.1, -0.05) is 12.1 Å². The molecule has 4 nitrogen and oxygen atoms in total. The van der Waals surface area contributed by atoms with Crippen LogP contribution in [-0.2, 0) is 11.3 Å². The predicted molar refractivity (Wildman–Crippen MR) is 74.1 cm³/mol. The zero-order chi connectivity index (χ0) is 13.9. The van der Waals surface area contributed by atoms with Crippen LogP contribution in [0.4, 0.5) is 0 Å². The molecule has 1 fully saturated rings. The third kappa shape index (κ3) is 2.91. The molecule has 1 aromatic heterocycles. The maximum absolute atomic E-state index is 11.4. The third-order valence-electron chi connectivity index (χ3n) is 3.53. The summed E-state index contributed by atoms with van der Waals surface area (Å²) in [5, 5.41) is 2.32. The minimum absolute atomic E-state index is 0.323. The number of benzene rings is 1. The quantitative estimate of drug-likeness (QED) is 0.846. The van der Waals surface area contributed by atoms with Crippen molar-refractivity contribution >= 4 is 5.97 Å². The van der Waals surface area contributed by atoms with Crippen LogP contribution in [0.25, 0.3) is 11.3 Å². The van der Waals surface area contributed by atoms with Crippen molar-refractivity contribution in [2.75, 3.05) is 7.11 Å². The van der Waals surface area contributed by atoms with Gasteiger partial charge < -0.3 is 14.5 Å². The van der Waals surface area contributed by atoms with E-state index in [-0.39, 0.29) is 5.97 Å². The van der Waals surface area contributed by atoms with Crippen LogP contribution in [0.1, 0.15) is 29.0 Å². The monoisotopic (exact) mass is 272 g/mol. The van der Waals surface area contributed by atoms with E-state index in [1.807, 2.05) is 24.3 Å². The van der Waals surface area contributed by atoms with Gasteiger partial charge in [-0.3, -0.25) is 0 Å². The van der Waals surface area contributed by atoms with Crippen LogP contribution in [0.5, 0.6) is 0 Å². The summed E-state index contributed by atoms with van der Waals surface area (Å²) in [5.74, 6) is 1.50. The summed E-state index contributed by atoms with van der Waals surface area (Å²) in [6.45, 7) is 0.894. The molecule has 2 N–H and O–H groups in total. The van der Waals surface area contributed by atoms with Crippen molar-refractivity contribution in [3.8, 4) is 11.3 Å². The van der Waals surface area contributed by atoms with E-state index in [0.717, 1.165) is 29.7 Å². The number of methoxy groups -OCH3 is 1. The first-order chi connectivity index (χ1) is 9.76. The predicted octanol–water partition coefficient (Wildman–Crippen LogP) is 1.96. The average Bonchev–Trinajstić information content (AvgIpc) is 3.21. The van der Waals surface area contributed by atoms with Crippen molar-refractivity contribution in [1.82, 2.24) is 0 Å². The molecule has 1 heterocycles. The molecular weight excluding hydrogens is 254 g/mol. The smallest absolute Gasteiger partial charge is 0.337 e. The van der Waals surface area contributed by atoms with Gasteiger partial charge in [0.1, 0.15) is 12.3 Å². The fraction of sp³-hybridized carbons (Fsp3) is 0.312. The minimum Gasteiger partial charge on any atom is -0.465 e. The highest BCUT2D eigenvalue weighted by molar-refractivity contribution is 5.89. The largest absolute Gasteiger partial charge is 0.465 e. The number of hydrogen-bond donors (Lipinski definition) is 1. The van der Waals surface area contributed by atoms with Gasteiger partial charge in [0.15, 0.2) is 5.76 Å². The molecule has 0 saturated heterocycles. The number of hydrogen-bond acceptors (Lipinski definition) is 3. The molecule has 0 radical (unpaired) electrons. The third-order valence-corrected chi connectivity index (χ3v) is 3.53. The first-order valence-electron chi connectivity index (χ1n) is 6.87. The van der Waals surface area contributed by atoms with E-state index >= 15 is 0 Å². The van der Waals surface area contributed by atoms with Crippen LogP contribution < -0.4 is 5.32 Å². The van der Waals surface area contributed by atoms with Crippen molar-refractivity contribution in [3.05, 3.63) is 47.7 Å². The van der Waals surface area contributed by atoms with Gasteiger partial charge in [0.05, 0.1) is 18.7 Å². The summed E-state index contributed by atoms with van der Waals surface area (Å²) in [4.78, 5) is 11.4. The molecule has 2 aromatic rings. The topological polar surface area (TPSA) is 56.0 Å². The minimum atomic E-state index is -0.323. The second kappa shape index (κ2) is 5.51. The second-order valence-corrected chi connectivity index (χ2v) is 5.11. The van der Waals surface area contributed by atoms with E-state index in [1.54, 1.807) is 12.1 Å². The van der Waals surface area contributed by atoms with Gasteiger partial charge in [0.2, 0.25) is 0 Å². The Morgan fingerprint density at radius 3 is 2.65 bits per heavy atom. The molecule has 1 aliphatic rings. The number of quaternary nitrogens is 1. The number of rotatable bonds is 5.